The number of nitrogens with zero attached hydrogens (tertiary/aromatic N) is 2. The van der Waals surface area contributed by atoms with Gasteiger partial charge in [-0.25, -0.2) is 0 Å². The molecule has 1 unspecified atom stereocenters. The second-order valence-corrected chi connectivity index (χ2v) is 4.18. The van der Waals surface area contributed by atoms with E-state index in [0.29, 0.717) is 19.5 Å². The highest BCUT2D eigenvalue weighted by atomic mass is 16.5. The van der Waals surface area contributed by atoms with Crippen molar-refractivity contribution in [2.75, 3.05) is 27.2 Å². The van der Waals surface area contributed by atoms with Crippen LogP contribution in [0.3, 0.4) is 0 Å². The van der Waals surface area contributed by atoms with Crippen molar-refractivity contribution in [2.45, 2.75) is 18.9 Å². The van der Waals surface area contributed by atoms with Crippen molar-refractivity contribution >= 4 is 5.91 Å². The highest BCUT2D eigenvalue weighted by Gasteiger charge is 2.15. The zero-order valence-electron chi connectivity index (χ0n) is 11.0. The van der Waals surface area contributed by atoms with Gasteiger partial charge in [-0.2, -0.15) is 0 Å². The van der Waals surface area contributed by atoms with Crippen molar-refractivity contribution in [1.82, 2.24) is 9.88 Å². The standard InChI is InChI=1S/C13H21N3O2/c1-16(13(17)9-12(10-14)18-2)8-6-11-5-3-4-7-15-11/h3-5,7,12H,6,8-10,14H2,1-2H3. The van der Waals surface area contributed by atoms with E-state index in [1.807, 2.05) is 18.2 Å². The van der Waals surface area contributed by atoms with Gasteiger partial charge in [0, 0.05) is 45.6 Å². The van der Waals surface area contributed by atoms with Crippen molar-refractivity contribution in [3.63, 3.8) is 0 Å². The number of carbonyl (C=O) groups is 1. The smallest absolute Gasteiger partial charge is 0.224 e. The van der Waals surface area contributed by atoms with Gasteiger partial charge in [0.2, 0.25) is 5.91 Å². The Morgan fingerprint density at radius 2 is 2.33 bits per heavy atom. The van der Waals surface area contributed by atoms with E-state index in [0.717, 1.165) is 12.1 Å². The molecule has 5 heteroatoms. The number of ether oxygens (including phenoxy) is 1. The summed E-state index contributed by atoms with van der Waals surface area (Å²) in [6.45, 7) is 1.01. The molecule has 1 aromatic rings. The van der Waals surface area contributed by atoms with E-state index in [1.165, 1.54) is 0 Å². The molecule has 1 rings (SSSR count). The average Bonchev–Trinajstić information content (AvgIpc) is 2.42. The molecule has 0 radical (unpaired) electrons. The number of nitrogens with two attached hydrogens (primary N) is 1. The Labute approximate surface area is 108 Å². The molecule has 0 bridgehead atoms. The molecule has 2 N–H and O–H groups in total. The molecular formula is C13H21N3O2. The third-order valence-electron chi connectivity index (χ3n) is 2.85. The molecule has 0 aliphatic heterocycles. The number of hydrogen-bond acceptors (Lipinski definition) is 4. The molecule has 1 atom stereocenters. The summed E-state index contributed by atoms with van der Waals surface area (Å²) >= 11 is 0. The van der Waals surface area contributed by atoms with E-state index in [1.54, 1.807) is 25.3 Å². The van der Waals surface area contributed by atoms with Crippen LogP contribution in [0.25, 0.3) is 0 Å². The third-order valence-corrected chi connectivity index (χ3v) is 2.85. The third kappa shape index (κ3) is 4.81. The maximum Gasteiger partial charge on any atom is 0.224 e. The minimum atomic E-state index is -0.199. The van der Waals surface area contributed by atoms with Crippen LogP contribution in [0.15, 0.2) is 24.4 Å². The Balaban J connectivity index is 2.36. The lowest BCUT2D eigenvalue weighted by Gasteiger charge is -2.20. The lowest BCUT2D eigenvalue weighted by molar-refractivity contribution is -0.132. The Morgan fingerprint density at radius 3 is 2.89 bits per heavy atom. The molecule has 0 saturated heterocycles. The second kappa shape index (κ2) is 7.79. The zero-order valence-corrected chi connectivity index (χ0v) is 11.0. The molecule has 0 aliphatic carbocycles. The molecule has 5 nitrogen and oxygen atoms in total. The van der Waals surface area contributed by atoms with E-state index in [9.17, 15) is 4.79 Å². The molecular weight excluding hydrogens is 230 g/mol. The highest BCUT2D eigenvalue weighted by Crippen LogP contribution is 2.02. The van der Waals surface area contributed by atoms with Crippen molar-refractivity contribution < 1.29 is 9.53 Å². The van der Waals surface area contributed by atoms with Crippen LogP contribution in [0.4, 0.5) is 0 Å². The van der Waals surface area contributed by atoms with Crippen LogP contribution in [0, 0.1) is 0 Å². The quantitative estimate of drug-likeness (QED) is 0.764. The molecule has 1 amide bonds. The van der Waals surface area contributed by atoms with Gasteiger partial charge in [-0.3, -0.25) is 9.78 Å². The van der Waals surface area contributed by atoms with Gasteiger partial charge in [0.25, 0.3) is 0 Å². The van der Waals surface area contributed by atoms with E-state index in [-0.39, 0.29) is 12.0 Å². The SMILES string of the molecule is COC(CN)CC(=O)N(C)CCc1ccccn1. The fraction of sp³-hybridized carbons (Fsp3) is 0.538. The van der Waals surface area contributed by atoms with Gasteiger partial charge >= 0.3 is 0 Å². The lowest BCUT2D eigenvalue weighted by atomic mass is 10.2. The summed E-state index contributed by atoms with van der Waals surface area (Å²) in [5.74, 6) is 0.0447. The van der Waals surface area contributed by atoms with Gasteiger partial charge in [0.1, 0.15) is 0 Å². The number of aromatic nitrogens is 1. The fourth-order valence-corrected chi connectivity index (χ4v) is 1.57. The summed E-state index contributed by atoms with van der Waals surface area (Å²) in [7, 11) is 3.35. The first-order valence-corrected chi connectivity index (χ1v) is 6.04. The van der Waals surface area contributed by atoms with Crippen LogP contribution < -0.4 is 5.73 Å². The number of amides is 1. The van der Waals surface area contributed by atoms with Gasteiger partial charge in [-0.05, 0) is 12.1 Å². The first-order chi connectivity index (χ1) is 8.67. The predicted octanol–water partition coefficient (Wildman–Crippen LogP) is 0.446. The number of likely N-dealkylation sites (N-methyl/N-ethyl adjacent to an activating group) is 1. The van der Waals surface area contributed by atoms with E-state index in [2.05, 4.69) is 4.98 Å². The van der Waals surface area contributed by atoms with Crippen LogP contribution in [-0.4, -0.2) is 49.1 Å². The Morgan fingerprint density at radius 1 is 1.56 bits per heavy atom. The van der Waals surface area contributed by atoms with E-state index >= 15 is 0 Å². The van der Waals surface area contributed by atoms with Crippen LogP contribution >= 0.6 is 0 Å². The summed E-state index contributed by atoms with van der Waals surface area (Å²) in [5.41, 5.74) is 6.48. The number of pyridine rings is 1. The van der Waals surface area contributed by atoms with Crippen LogP contribution in [-0.2, 0) is 16.0 Å². The Kier molecular flexibility index (Phi) is 6.32. The molecule has 0 fully saturated rings. The highest BCUT2D eigenvalue weighted by molar-refractivity contribution is 5.76. The average molecular weight is 251 g/mol. The Hall–Kier alpha value is -1.46. The van der Waals surface area contributed by atoms with Crippen molar-refractivity contribution in [2.24, 2.45) is 5.73 Å². The van der Waals surface area contributed by atoms with Gasteiger partial charge in [0.15, 0.2) is 0 Å². The topological polar surface area (TPSA) is 68.5 Å². The van der Waals surface area contributed by atoms with E-state index < -0.39 is 0 Å². The van der Waals surface area contributed by atoms with Gasteiger partial charge in [-0.1, -0.05) is 6.07 Å². The monoisotopic (exact) mass is 251 g/mol. The van der Waals surface area contributed by atoms with Gasteiger partial charge in [0.05, 0.1) is 12.5 Å². The summed E-state index contributed by atoms with van der Waals surface area (Å²) in [5, 5.41) is 0. The lowest BCUT2D eigenvalue weighted by Crippen LogP contribution is -2.34. The molecule has 1 heterocycles. The van der Waals surface area contributed by atoms with E-state index in [4.69, 9.17) is 10.5 Å². The number of hydrogen-bond donors (Lipinski definition) is 1. The van der Waals surface area contributed by atoms with Crippen LogP contribution in [0.5, 0.6) is 0 Å². The van der Waals surface area contributed by atoms with Crippen molar-refractivity contribution in [3.05, 3.63) is 30.1 Å². The maximum absolute atomic E-state index is 11.9. The maximum atomic E-state index is 11.9. The number of rotatable bonds is 7. The van der Waals surface area contributed by atoms with Crippen LogP contribution in [0.1, 0.15) is 12.1 Å². The second-order valence-electron chi connectivity index (χ2n) is 4.18. The molecule has 0 aliphatic rings. The minimum absolute atomic E-state index is 0.0447. The molecule has 18 heavy (non-hydrogen) atoms. The van der Waals surface area contributed by atoms with Gasteiger partial charge in [-0.15, -0.1) is 0 Å². The summed E-state index contributed by atoms with van der Waals surface area (Å²) in [6.07, 6.45) is 2.64. The largest absolute Gasteiger partial charge is 0.380 e. The number of methoxy groups -OCH3 is 1. The number of carbonyl (C=O) groups excluding carboxylic acids is 1. The summed E-state index contributed by atoms with van der Waals surface area (Å²) in [6, 6.07) is 5.78. The predicted molar refractivity (Wildman–Crippen MR) is 70.0 cm³/mol. The summed E-state index contributed by atoms with van der Waals surface area (Å²) < 4.78 is 5.10. The first kappa shape index (κ1) is 14.6. The molecule has 100 valence electrons. The summed E-state index contributed by atoms with van der Waals surface area (Å²) in [4.78, 5) is 17.8. The molecule has 0 saturated carbocycles. The van der Waals surface area contributed by atoms with Crippen molar-refractivity contribution in [3.8, 4) is 0 Å². The fourth-order valence-electron chi connectivity index (χ4n) is 1.57. The van der Waals surface area contributed by atoms with Crippen molar-refractivity contribution in [1.29, 1.82) is 0 Å². The molecule has 0 spiro atoms. The normalized spacial score (nSPS) is 12.2. The minimum Gasteiger partial charge on any atom is -0.380 e. The Bertz CT molecular complexity index is 353. The zero-order chi connectivity index (χ0) is 13.4. The first-order valence-electron chi connectivity index (χ1n) is 6.04. The van der Waals surface area contributed by atoms with Gasteiger partial charge < -0.3 is 15.4 Å². The van der Waals surface area contributed by atoms with Crippen LogP contribution in [0.2, 0.25) is 0 Å². The molecule has 1 aromatic heterocycles. The molecule has 0 aromatic carbocycles.